The summed E-state index contributed by atoms with van der Waals surface area (Å²) in [5.41, 5.74) is 3.41. The summed E-state index contributed by atoms with van der Waals surface area (Å²) in [5, 5.41) is 7.18. The molecule has 2 aromatic carbocycles. The van der Waals surface area contributed by atoms with Gasteiger partial charge in [0.15, 0.2) is 3.90 Å². The SMILES string of the molecule is C=CCS[C@]1(Br)NC(c2ccc(OC)cc2)=C[C@H](c2ccccc2)N1. The van der Waals surface area contributed by atoms with Crippen LogP contribution in [0, 0.1) is 0 Å². The summed E-state index contributed by atoms with van der Waals surface area (Å²) in [6.07, 6.45) is 4.12. The molecule has 0 saturated carbocycles. The third-order valence-electron chi connectivity index (χ3n) is 3.93. The van der Waals surface area contributed by atoms with Crippen LogP contribution in [-0.4, -0.2) is 16.8 Å². The number of benzene rings is 2. The molecule has 0 fully saturated rings. The quantitative estimate of drug-likeness (QED) is 0.398. The number of thioether (sulfide) groups is 1. The monoisotopic (exact) mass is 416 g/mol. The van der Waals surface area contributed by atoms with E-state index in [2.05, 4.69) is 75.6 Å². The minimum Gasteiger partial charge on any atom is -0.497 e. The van der Waals surface area contributed by atoms with Crippen LogP contribution in [0.5, 0.6) is 5.75 Å². The Balaban J connectivity index is 1.95. The van der Waals surface area contributed by atoms with E-state index in [9.17, 15) is 0 Å². The standard InChI is InChI=1S/C20H21BrN2OS/c1-3-13-25-20(21)22-18(15-7-5-4-6-8-15)14-19(23-20)16-9-11-17(24-2)12-10-16/h3-12,14,18,22-23H,1,13H2,2H3/t18-,20+/m1/s1. The van der Waals surface area contributed by atoms with Crippen molar-refractivity contribution in [1.29, 1.82) is 0 Å². The van der Waals surface area contributed by atoms with E-state index in [1.165, 1.54) is 5.56 Å². The van der Waals surface area contributed by atoms with Crippen molar-refractivity contribution in [3.63, 3.8) is 0 Å². The van der Waals surface area contributed by atoms with Gasteiger partial charge in [0.2, 0.25) is 0 Å². The fourth-order valence-corrected chi connectivity index (χ4v) is 4.29. The Hall–Kier alpha value is -1.69. The van der Waals surface area contributed by atoms with E-state index < -0.39 is 3.90 Å². The van der Waals surface area contributed by atoms with Gasteiger partial charge in [-0.05, 0) is 57.4 Å². The number of ether oxygens (including phenoxy) is 1. The lowest BCUT2D eigenvalue weighted by Crippen LogP contribution is -2.52. The second-order valence-electron chi connectivity index (χ2n) is 5.66. The fourth-order valence-electron chi connectivity index (χ4n) is 2.69. The number of hydrogen-bond acceptors (Lipinski definition) is 4. The summed E-state index contributed by atoms with van der Waals surface area (Å²) in [7, 11) is 1.68. The zero-order chi connectivity index (χ0) is 17.7. The lowest BCUT2D eigenvalue weighted by Gasteiger charge is -2.39. The van der Waals surface area contributed by atoms with Gasteiger partial charge in [0.1, 0.15) is 5.75 Å². The van der Waals surface area contributed by atoms with Crippen molar-refractivity contribution in [1.82, 2.24) is 10.6 Å². The summed E-state index contributed by atoms with van der Waals surface area (Å²) in [6.45, 7) is 3.82. The number of hydrogen-bond donors (Lipinski definition) is 2. The van der Waals surface area contributed by atoms with Crippen LogP contribution in [0.1, 0.15) is 17.2 Å². The molecule has 0 radical (unpaired) electrons. The topological polar surface area (TPSA) is 33.3 Å². The third-order valence-corrected chi connectivity index (χ3v) is 6.06. The summed E-state index contributed by atoms with van der Waals surface area (Å²) in [4.78, 5) is 0. The normalized spacial score (nSPS) is 22.6. The van der Waals surface area contributed by atoms with Crippen molar-refractivity contribution in [2.24, 2.45) is 0 Å². The van der Waals surface area contributed by atoms with Crippen LogP contribution >= 0.6 is 27.7 Å². The van der Waals surface area contributed by atoms with E-state index in [0.717, 1.165) is 22.8 Å². The van der Waals surface area contributed by atoms with Crippen molar-refractivity contribution >= 4 is 33.4 Å². The molecule has 0 aromatic heterocycles. The Morgan fingerprint density at radius 1 is 1.20 bits per heavy atom. The largest absolute Gasteiger partial charge is 0.497 e. The molecule has 0 saturated heterocycles. The third kappa shape index (κ3) is 4.48. The minimum absolute atomic E-state index is 0.0937. The van der Waals surface area contributed by atoms with Crippen LogP contribution < -0.4 is 15.4 Å². The van der Waals surface area contributed by atoms with Crippen molar-refractivity contribution in [2.75, 3.05) is 12.9 Å². The number of rotatable bonds is 6. The van der Waals surface area contributed by atoms with E-state index in [4.69, 9.17) is 4.74 Å². The van der Waals surface area contributed by atoms with Crippen LogP contribution in [0.4, 0.5) is 0 Å². The molecule has 2 aromatic rings. The van der Waals surface area contributed by atoms with Crippen molar-refractivity contribution in [3.05, 3.63) is 84.5 Å². The van der Waals surface area contributed by atoms with Gasteiger partial charge < -0.3 is 10.1 Å². The van der Waals surface area contributed by atoms with Gasteiger partial charge in [0.25, 0.3) is 0 Å². The second kappa shape index (κ2) is 8.13. The van der Waals surface area contributed by atoms with Gasteiger partial charge in [-0.1, -0.05) is 36.4 Å². The van der Waals surface area contributed by atoms with Crippen LogP contribution in [0.2, 0.25) is 0 Å². The molecule has 2 N–H and O–H groups in total. The molecule has 0 unspecified atom stereocenters. The minimum atomic E-state index is -0.467. The first kappa shape index (κ1) is 18.1. The van der Waals surface area contributed by atoms with E-state index in [0.29, 0.717) is 0 Å². The average molecular weight is 417 g/mol. The molecular weight excluding hydrogens is 396 g/mol. The second-order valence-corrected chi connectivity index (χ2v) is 8.61. The lowest BCUT2D eigenvalue weighted by molar-refractivity contribution is 0.414. The highest BCUT2D eigenvalue weighted by Crippen LogP contribution is 2.37. The summed E-state index contributed by atoms with van der Waals surface area (Å²) in [6, 6.07) is 18.6. The molecule has 1 aliphatic heterocycles. The van der Waals surface area contributed by atoms with Crippen molar-refractivity contribution in [3.8, 4) is 5.75 Å². The molecule has 5 heteroatoms. The van der Waals surface area contributed by atoms with Crippen LogP contribution in [0.15, 0.2) is 73.3 Å². The van der Waals surface area contributed by atoms with Crippen LogP contribution in [-0.2, 0) is 0 Å². The predicted octanol–water partition coefficient (Wildman–Crippen LogP) is 4.90. The Morgan fingerprint density at radius 3 is 2.56 bits per heavy atom. The molecule has 25 heavy (non-hydrogen) atoms. The van der Waals surface area contributed by atoms with Gasteiger partial charge >= 0.3 is 0 Å². The van der Waals surface area contributed by atoms with Gasteiger partial charge in [0, 0.05) is 11.4 Å². The molecule has 0 bridgehead atoms. The van der Waals surface area contributed by atoms with E-state index in [-0.39, 0.29) is 6.04 Å². The van der Waals surface area contributed by atoms with Gasteiger partial charge in [-0.3, -0.25) is 5.32 Å². The van der Waals surface area contributed by atoms with Crippen LogP contribution in [0.25, 0.3) is 5.70 Å². The maximum absolute atomic E-state index is 5.26. The van der Waals surface area contributed by atoms with Crippen molar-refractivity contribution < 1.29 is 4.74 Å². The van der Waals surface area contributed by atoms with Crippen molar-refractivity contribution in [2.45, 2.75) is 9.95 Å². The molecule has 2 atom stereocenters. The number of alkyl halides is 1. The van der Waals surface area contributed by atoms with E-state index >= 15 is 0 Å². The summed E-state index contributed by atoms with van der Waals surface area (Å²) < 4.78 is 4.80. The summed E-state index contributed by atoms with van der Waals surface area (Å²) in [5.74, 6) is 1.67. The highest BCUT2D eigenvalue weighted by molar-refractivity contribution is 9.11. The number of methoxy groups -OCH3 is 1. The Labute approximate surface area is 161 Å². The first-order valence-corrected chi connectivity index (χ1v) is 9.82. The average Bonchev–Trinajstić information content (AvgIpc) is 2.67. The first-order valence-electron chi connectivity index (χ1n) is 8.04. The fraction of sp³-hybridized carbons (Fsp3) is 0.200. The molecule has 0 amide bonds. The molecule has 3 nitrogen and oxygen atoms in total. The maximum atomic E-state index is 5.26. The Bertz CT molecular complexity index is 748. The maximum Gasteiger partial charge on any atom is 0.195 e. The zero-order valence-corrected chi connectivity index (χ0v) is 16.4. The molecular formula is C20H21BrN2OS. The van der Waals surface area contributed by atoms with Crippen LogP contribution in [0.3, 0.4) is 0 Å². The lowest BCUT2D eigenvalue weighted by atomic mass is 10.0. The molecule has 0 spiro atoms. The van der Waals surface area contributed by atoms with Gasteiger partial charge in [-0.25, -0.2) is 0 Å². The van der Waals surface area contributed by atoms with E-state index in [1.807, 2.05) is 24.3 Å². The Morgan fingerprint density at radius 2 is 1.92 bits per heavy atom. The molecule has 130 valence electrons. The van der Waals surface area contributed by atoms with Gasteiger partial charge in [-0.15, -0.1) is 18.3 Å². The predicted molar refractivity (Wildman–Crippen MR) is 111 cm³/mol. The zero-order valence-electron chi connectivity index (χ0n) is 14.0. The molecule has 3 rings (SSSR count). The number of nitrogens with one attached hydrogen (secondary N) is 2. The number of halogens is 1. The summed E-state index contributed by atoms with van der Waals surface area (Å²) >= 11 is 5.54. The molecule has 0 aliphatic carbocycles. The highest BCUT2D eigenvalue weighted by Gasteiger charge is 2.34. The highest BCUT2D eigenvalue weighted by atomic mass is 79.9. The first-order chi connectivity index (χ1) is 12.1. The van der Waals surface area contributed by atoms with E-state index in [1.54, 1.807) is 18.9 Å². The smallest absolute Gasteiger partial charge is 0.195 e. The Kier molecular flexibility index (Phi) is 5.89. The molecule has 1 aliphatic rings. The van der Waals surface area contributed by atoms with Gasteiger partial charge in [0.05, 0.1) is 13.2 Å². The molecule has 1 heterocycles. The van der Waals surface area contributed by atoms with Gasteiger partial charge in [-0.2, -0.15) is 0 Å².